The highest BCUT2D eigenvalue weighted by atomic mass is 127. The van der Waals surface area contributed by atoms with E-state index >= 15 is 0 Å². The molecular weight excluding hydrogens is 267 g/mol. The lowest BCUT2D eigenvalue weighted by molar-refractivity contribution is -0.0254. The van der Waals surface area contributed by atoms with Crippen LogP contribution in [0.25, 0.3) is 0 Å². The minimum Gasteiger partial charge on any atom is -0.396 e. The Kier molecular flexibility index (Phi) is 5.69. The van der Waals surface area contributed by atoms with Gasteiger partial charge in [-0.2, -0.15) is 0 Å². The molecule has 2 atom stereocenters. The molecule has 0 spiro atoms. The molecule has 0 saturated heterocycles. The monoisotopic (exact) mass is 286 g/mol. The molecule has 0 radical (unpaired) electrons. The predicted molar refractivity (Wildman–Crippen MR) is 59.5 cm³/mol. The predicted octanol–water partition coefficient (Wildman–Crippen LogP) is 1.83. The molecule has 0 heterocycles. The lowest BCUT2D eigenvalue weighted by atomic mass is 9.80. The van der Waals surface area contributed by atoms with Crippen molar-refractivity contribution >= 4 is 22.6 Å². The van der Waals surface area contributed by atoms with E-state index in [9.17, 15) is 5.11 Å². The molecule has 0 saturated carbocycles. The summed E-state index contributed by atoms with van der Waals surface area (Å²) in [6.45, 7) is 5.85. The van der Waals surface area contributed by atoms with Crippen LogP contribution < -0.4 is 0 Å². The van der Waals surface area contributed by atoms with Crippen LogP contribution in [0.15, 0.2) is 0 Å². The fourth-order valence-electron chi connectivity index (χ4n) is 1.19. The SMILES string of the molecule is CC(CCI)C(O)C(C)(C)CO. The van der Waals surface area contributed by atoms with Crippen LogP contribution in [0.1, 0.15) is 27.2 Å². The molecule has 0 aromatic carbocycles. The van der Waals surface area contributed by atoms with E-state index in [1.54, 1.807) is 0 Å². The number of aliphatic hydroxyl groups is 2. The normalized spacial score (nSPS) is 17.5. The molecule has 0 aromatic heterocycles. The molecular formula is C9H19IO2. The van der Waals surface area contributed by atoms with Crippen LogP contribution >= 0.6 is 22.6 Å². The Morgan fingerprint density at radius 2 is 1.92 bits per heavy atom. The molecule has 0 bridgehead atoms. The quantitative estimate of drug-likeness (QED) is 0.598. The fraction of sp³-hybridized carbons (Fsp3) is 1.00. The molecule has 74 valence electrons. The highest BCUT2D eigenvalue weighted by Gasteiger charge is 2.30. The van der Waals surface area contributed by atoms with Crippen LogP contribution in [0, 0.1) is 11.3 Å². The number of rotatable bonds is 5. The lowest BCUT2D eigenvalue weighted by Gasteiger charge is -2.32. The van der Waals surface area contributed by atoms with Crippen molar-refractivity contribution in [2.75, 3.05) is 11.0 Å². The average Bonchev–Trinajstić information content (AvgIpc) is 2.03. The Morgan fingerprint density at radius 1 is 1.42 bits per heavy atom. The third-order valence-electron chi connectivity index (χ3n) is 2.31. The van der Waals surface area contributed by atoms with Crippen LogP contribution in [-0.4, -0.2) is 27.4 Å². The Balaban J connectivity index is 4.07. The van der Waals surface area contributed by atoms with E-state index in [0.717, 1.165) is 10.8 Å². The van der Waals surface area contributed by atoms with E-state index in [1.807, 2.05) is 20.8 Å². The number of hydrogen-bond donors (Lipinski definition) is 2. The number of alkyl halides is 1. The highest BCUT2D eigenvalue weighted by molar-refractivity contribution is 14.1. The average molecular weight is 286 g/mol. The first-order valence-electron chi connectivity index (χ1n) is 4.30. The van der Waals surface area contributed by atoms with Crippen molar-refractivity contribution in [1.29, 1.82) is 0 Å². The van der Waals surface area contributed by atoms with Gasteiger partial charge in [0.25, 0.3) is 0 Å². The van der Waals surface area contributed by atoms with Crippen molar-refractivity contribution in [3.63, 3.8) is 0 Å². The summed E-state index contributed by atoms with van der Waals surface area (Å²) >= 11 is 2.30. The first-order valence-corrected chi connectivity index (χ1v) is 5.83. The van der Waals surface area contributed by atoms with Gasteiger partial charge in [0.1, 0.15) is 0 Å². The van der Waals surface area contributed by atoms with Crippen molar-refractivity contribution in [2.24, 2.45) is 11.3 Å². The molecule has 2 nitrogen and oxygen atoms in total. The van der Waals surface area contributed by atoms with Gasteiger partial charge in [-0.3, -0.25) is 0 Å². The maximum absolute atomic E-state index is 9.81. The molecule has 12 heavy (non-hydrogen) atoms. The Morgan fingerprint density at radius 3 is 2.25 bits per heavy atom. The Hall–Kier alpha value is 0.650. The van der Waals surface area contributed by atoms with Gasteiger partial charge in [-0.25, -0.2) is 0 Å². The zero-order chi connectivity index (χ0) is 9.78. The minimum atomic E-state index is -0.405. The van der Waals surface area contributed by atoms with Gasteiger partial charge in [-0.1, -0.05) is 43.4 Å². The summed E-state index contributed by atoms with van der Waals surface area (Å²) in [7, 11) is 0. The molecule has 0 aliphatic heterocycles. The lowest BCUT2D eigenvalue weighted by Crippen LogP contribution is -2.37. The van der Waals surface area contributed by atoms with Crippen molar-refractivity contribution in [1.82, 2.24) is 0 Å². The molecule has 0 aliphatic carbocycles. The number of aliphatic hydroxyl groups excluding tert-OH is 2. The van der Waals surface area contributed by atoms with E-state index < -0.39 is 6.10 Å². The van der Waals surface area contributed by atoms with Gasteiger partial charge in [-0.15, -0.1) is 0 Å². The summed E-state index contributed by atoms with van der Waals surface area (Å²) in [6, 6.07) is 0. The molecule has 0 aromatic rings. The molecule has 0 amide bonds. The van der Waals surface area contributed by atoms with Crippen LogP contribution in [0.2, 0.25) is 0 Å². The van der Waals surface area contributed by atoms with Gasteiger partial charge < -0.3 is 10.2 Å². The summed E-state index contributed by atoms with van der Waals surface area (Å²) in [5, 5.41) is 18.8. The van der Waals surface area contributed by atoms with E-state index in [2.05, 4.69) is 22.6 Å². The second-order valence-electron chi connectivity index (χ2n) is 4.05. The Bertz CT molecular complexity index is 126. The first-order chi connectivity index (χ1) is 5.45. The molecule has 2 N–H and O–H groups in total. The van der Waals surface area contributed by atoms with Gasteiger partial charge in [-0.05, 0) is 16.8 Å². The Labute approximate surface area is 88.5 Å². The van der Waals surface area contributed by atoms with Crippen LogP contribution in [0.5, 0.6) is 0 Å². The second-order valence-corrected chi connectivity index (χ2v) is 5.13. The maximum Gasteiger partial charge on any atom is 0.0638 e. The van der Waals surface area contributed by atoms with E-state index in [0.29, 0.717) is 0 Å². The first kappa shape index (κ1) is 12.7. The summed E-state index contributed by atoms with van der Waals surface area (Å²) in [5.74, 6) is 0.268. The third-order valence-corrected chi connectivity index (χ3v) is 2.93. The van der Waals surface area contributed by atoms with Gasteiger partial charge >= 0.3 is 0 Å². The minimum absolute atomic E-state index is 0.0414. The van der Waals surface area contributed by atoms with Crippen molar-refractivity contribution in [3.05, 3.63) is 0 Å². The molecule has 3 heteroatoms. The largest absolute Gasteiger partial charge is 0.396 e. The van der Waals surface area contributed by atoms with E-state index in [4.69, 9.17) is 5.11 Å². The summed E-state index contributed by atoms with van der Waals surface area (Å²) < 4.78 is 1.05. The van der Waals surface area contributed by atoms with Crippen LogP contribution in [0.4, 0.5) is 0 Å². The van der Waals surface area contributed by atoms with E-state index in [1.165, 1.54) is 0 Å². The van der Waals surface area contributed by atoms with Gasteiger partial charge in [0.05, 0.1) is 12.7 Å². The van der Waals surface area contributed by atoms with E-state index in [-0.39, 0.29) is 17.9 Å². The summed E-state index contributed by atoms with van der Waals surface area (Å²) in [5.41, 5.74) is -0.370. The van der Waals surface area contributed by atoms with Gasteiger partial charge in [0, 0.05) is 5.41 Å². The molecule has 0 fully saturated rings. The van der Waals surface area contributed by atoms with Gasteiger partial charge in [0.2, 0.25) is 0 Å². The van der Waals surface area contributed by atoms with Crippen molar-refractivity contribution in [2.45, 2.75) is 33.3 Å². The maximum atomic E-state index is 9.81. The topological polar surface area (TPSA) is 40.5 Å². The fourth-order valence-corrected chi connectivity index (χ4v) is 2.18. The number of hydrogen-bond acceptors (Lipinski definition) is 2. The molecule has 0 aliphatic rings. The van der Waals surface area contributed by atoms with Crippen LogP contribution in [-0.2, 0) is 0 Å². The highest BCUT2D eigenvalue weighted by Crippen LogP contribution is 2.27. The summed E-state index contributed by atoms with van der Waals surface area (Å²) in [6.07, 6.45) is 0.600. The number of halogens is 1. The van der Waals surface area contributed by atoms with Crippen molar-refractivity contribution < 1.29 is 10.2 Å². The van der Waals surface area contributed by atoms with Gasteiger partial charge in [0.15, 0.2) is 0 Å². The molecule has 0 rings (SSSR count). The summed E-state index contributed by atoms with van der Waals surface area (Å²) in [4.78, 5) is 0. The smallest absolute Gasteiger partial charge is 0.0638 e. The third kappa shape index (κ3) is 3.58. The zero-order valence-electron chi connectivity index (χ0n) is 8.05. The van der Waals surface area contributed by atoms with Crippen LogP contribution in [0.3, 0.4) is 0 Å². The molecule has 2 unspecified atom stereocenters. The standard InChI is InChI=1S/C9H19IO2/c1-7(4-5-10)8(12)9(2,3)6-11/h7-8,11-12H,4-6H2,1-3H3. The zero-order valence-corrected chi connectivity index (χ0v) is 10.2. The second kappa shape index (κ2) is 5.40. The van der Waals surface area contributed by atoms with Crippen molar-refractivity contribution in [3.8, 4) is 0 Å².